The van der Waals surface area contributed by atoms with E-state index in [1.54, 1.807) is 7.05 Å². The third-order valence-corrected chi connectivity index (χ3v) is 3.84. The molecule has 5 nitrogen and oxygen atoms in total. The zero-order valence-corrected chi connectivity index (χ0v) is 16.6. The van der Waals surface area contributed by atoms with Crippen LogP contribution < -0.4 is 20.1 Å². The highest BCUT2D eigenvalue weighted by molar-refractivity contribution is 14.0. The summed E-state index contributed by atoms with van der Waals surface area (Å²) in [5.41, 5.74) is 1.27. The molecule has 2 N–H and O–H groups in total. The molecule has 25 heavy (non-hydrogen) atoms. The van der Waals surface area contributed by atoms with Gasteiger partial charge in [-0.1, -0.05) is 36.4 Å². The van der Waals surface area contributed by atoms with Gasteiger partial charge in [0.1, 0.15) is 24.2 Å². The monoisotopic (exact) mass is 453 g/mol. The van der Waals surface area contributed by atoms with Crippen molar-refractivity contribution in [1.82, 2.24) is 10.6 Å². The number of ether oxygens (including phenoxy) is 2. The highest BCUT2D eigenvalue weighted by atomic mass is 127. The van der Waals surface area contributed by atoms with Gasteiger partial charge in [-0.15, -0.1) is 24.0 Å². The van der Waals surface area contributed by atoms with Gasteiger partial charge in [0.05, 0.1) is 13.1 Å². The summed E-state index contributed by atoms with van der Waals surface area (Å²) in [5, 5.41) is 6.55. The molecular formula is C19H24IN3O2. The van der Waals surface area contributed by atoms with Crippen LogP contribution in [0.4, 0.5) is 0 Å². The molecule has 1 heterocycles. The number of nitrogens with one attached hydrogen (secondary N) is 2. The fourth-order valence-corrected chi connectivity index (χ4v) is 2.65. The topological polar surface area (TPSA) is 54.9 Å². The van der Waals surface area contributed by atoms with Crippen molar-refractivity contribution in [2.24, 2.45) is 4.99 Å². The highest BCUT2D eigenvalue weighted by Crippen LogP contribution is 2.27. The second kappa shape index (κ2) is 10.1. The number of guanidine groups is 1. The maximum atomic E-state index is 5.92. The van der Waals surface area contributed by atoms with Gasteiger partial charge in [-0.25, -0.2) is 0 Å². The molecule has 0 bridgehead atoms. The van der Waals surface area contributed by atoms with Crippen molar-refractivity contribution >= 4 is 29.9 Å². The number of rotatable bonds is 6. The summed E-state index contributed by atoms with van der Waals surface area (Å²) < 4.78 is 11.6. The molecule has 3 rings (SSSR count). The van der Waals surface area contributed by atoms with Gasteiger partial charge >= 0.3 is 0 Å². The summed E-state index contributed by atoms with van der Waals surface area (Å²) in [4.78, 5) is 4.23. The van der Waals surface area contributed by atoms with Crippen LogP contribution in [0.3, 0.4) is 0 Å². The molecule has 1 atom stereocenters. The van der Waals surface area contributed by atoms with Gasteiger partial charge in [0.2, 0.25) is 0 Å². The maximum absolute atomic E-state index is 5.92. The molecular weight excluding hydrogens is 429 g/mol. The lowest BCUT2D eigenvalue weighted by Gasteiger charge is -2.15. The molecule has 0 radical (unpaired) electrons. The summed E-state index contributed by atoms with van der Waals surface area (Å²) in [6, 6.07) is 18.0. The minimum atomic E-state index is 0. The average molecular weight is 453 g/mol. The zero-order chi connectivity index (χ0) is 16.6. The van der Waals surface area contributed by atoms with Crippen LogP contribution in [0.2, 0.25) is 0 Å². The molecule has 0 amide bonds. The van der Waals surface area contributed by atoms with Crippen molar-refractivity contribution in [3.63, 3.8) is 0 Å². The second-order valence-electron chi connectivity index (χ2n) is 5.59. The van der Waals surface area contributed by atoms with Crippen molar-refractivity contribution in [2.45, 2.75) is 12.5 Å². The van der Waals surface area contributed by atoms with E-state index in [1.807, 2.05) is 48.5 Å². The van der Waals surface area contributed by atoms with Gasteiger partial charge in [0, 0.05) is 13.5 Å². The normalized spacial score (nSPS) is 15.6. The maximum Gasteiger partial charge on any atom is 0.191 e. The van der Waals surface area contributed by atoms with E-state index in [2.05, 4.69) is 21.7 Å². The molecule has 0 spiro atoms. The molecule has 0 aromatic heterocycles. The molecule has 1 aliphatic rings. The summed E-state index contributed by atoms with van der Waals surface area (Å²) >= 11 is 0. The molecule has 1 unspecified atom stereocenters. The lowest BCUT2D eigenvalue weighted by molar-refractivity contribution is 0.234. The van der Waals surface area contributed by atoms with Crippen molar-refractivity contribution in [2.75, 3.05) is 26.7 Å². The molecule has 0 fully saturated rings. The third-order valence-electron chi connectivity index (χ3n) is 3.84. The molecule has 1 aliphatic heterocycles. The van der Waals surface area contributed by atoms with Crippen LogP contribution in [0.1, 0.15) is 5.56 Å². The van der Waals surface area contributed by atoms with Crippen molar-refractivity contribution < 1.29 is 9.47 Å². The van der Waals surface area contributed by atoms with Gasteiger partial charge in [0.15, 0.2) is 5.96 Å². The number of nitrogens with zero attached hydrogens (tertiary/aromatic N) is 1. The van der Waals surface area contributed by atoms with Crippen molar-refractivity contribution in [3.05, 3.63) is 60.2 Å². The Morgan fingerprint density at radius 2 is 1.88 bits per heavy atom. The van der Waals surface area contributed by atoms with E-state index in [9.17, 15) is 0 Å². The Labute approximate surface area is 165 Å². The Bertz CT molecular complexity index is 654. The van der Waals surface area contributed by atoms with Crippen LogP contribution in [-0.2, 0) is 6.42 Å². The molecule has 134 valence electrons. The van der Waals surface area contributed by atoms with Crippen LogP contribution in [0.25, 0.3) is 0 Å². The third kappa shape index (κ3) is 5.81. The minimum absolute atomic E-state index is 0. The molecule has 0 saturated carbocycles. The van der Waals surface area contributed by atoms with E-state index in [4.69, 9.17) is 9.47 Å². The van der Waals surface area contributed by atoms with Crippen LogP contribution in [0.15, 0.2) is 59.6 Å². The van der Waals surface area contributed by atoms with Crippen molar-refractivity contribution in [3.8, 4) is 11.5 Å². The van der Waals surface area contributed by atoms with Gasteiger partial charge in [-0.2, -0.15) is 0 Å². The predicted molar refractivity (Wildman–Crippen MR) is 111 cm³/mol. The Morgan fingerprint density at radius 1 is 1.12 bits per heavy atom. The smallest absolute Gasteiger partial charge is 0.191 e. The second-order valence-corrected chi connectivity index (χ2v) is 5.59. The minimum Gasteiger partial charge on any atom is -0.492 e. The Morgan fingerprint density at radius 3 is 2.64 bits per heavy atom. The lowest BCUT2D eigenvalue weighted by Crippen LogP contribution is -2.43. The number of halogens is 1. The molecule has 0 aliphatic carbocycles. The molecule has 6 heteroatoms. The first-order valence-electron chi connectivity index (χ1n) is 8.22. The Kier molecular flexibility index (Phi) is 7.84. The summed E-state index contributed by atoms with van der Waals surface area (Å²) in [5.74, 6) is 2.62. The van der Waals surface area contributed by atoms with E-state index in [1.165, 1.54) is 5.56 Å². The number of hydrogen-bond acceptors (Lipinski definition) is 3. The fraction of sp³-hybridized carbons (Fsp3) is 0.316. The number of hydrogen-bond donors (Lipinski definition) is 2. The fourth-order valence-electron chi connectivity index (χ4n) is 2.65. The SMILES string of the molecule is CN=C(NCCOc1ccccc1)NCC1Cc2ccccc2O1.I. The standard InChI is InChI=1S/C19H23N3O2.HI/c1-20-19(21-11-12-23-16-8-3-2-4-9-16)22-14-17-13-15-7-5-6-10-18(15)24-17;/h2-10,17H,11-14H2,1H3,(H2,20,21,22);1H. The Balaban J connectivity index is 0.00000225. The van der Waals surface area contributed by atoms with Gasteiger partial charge in [-0.05, 0) is 23.8 Å². The van der Waals surface area contributed by atoms with Crippen LogP contribution in [0, 0.1) is 0 Å². The predicted octanol–water partition coefficient (Wildman–Crippen LogP) is 2.85. The van der Waals surface area contributed by atoms with Crippen LogP contribution in [-0.4, -0.2) is 38.8 Å². The average Bonchev–Trinajstić information content (AvgIpc) is 3.05. The van der Waals surface area contributed by atoms with Crippen molar-refractivity contribution in [1.29, 1.82) is 0 Å². The highest BCUT2D eigenvalue weighted by Gasteiger charge is 2.22. The van der Waals surface area contributed by atoms with Crippen LogP contribution >= 0.6 is 24.0 Å². The largest absolute Gasteiger partial charge is 0.492 e. The van der Waals surface area contributed by atoms with Gasteiger partial charge in [-0.3, -0.25) is 4.99 Å². The summed E-state index contributed by atoms with van der Waals surface area (Å²) in [6.45, 7) is 1.98. The van der Waals surface area contributed by atoms with E-state index >= 15 is 0 Å². The van der Waals surface area contributed by atoms with Crippen LogP contribution in [0.5, 0.6) is 11.5 Å². The lowest BCUT2D eigenvalue weighted by atomic mass is 10.1. The van der Waals surface area contributed by atoms with E-state index in [0.717, 1.165) is 23.9 Å². The zero-order valence-electron chi connectivity index (χ0n) is 14.3. The number of para-hydroxylation sites is 2. The first-order chi connectivity index (χ1) is 11.8. The van der Waals surface area contributed by atoms with E-state index < -0.39 is 0 Å². The molecule has 2 aromatic carbocycles. The molecule has 2 aromatic rings. The van der Waals surface area contributed by atoms with E-state index in [0.29, 0.717) is 19.7 Å². The Hall–Kier alpha value is -1.96. The number of aliphatic imine (C=N–C) groups is 1. The summed E-state index contributed by atoms with van der Waals surface area (Å²) in [7, 11) is 1.76. The first-order valence-corrected chi connectivity index (χ1v) is 8.22. The quantitative estimate of drug-likeness (QED) is 0.306. The molecule has 0 saturated heterocycles. The summed E-state index contributed by atoms with van der Waals surface area (Å²) in [6.07, 6.45) is 1.07. The number of benzene rings is 2. The van der Waals surface area contributed by atoms with Gasteiger partial charge < -0.3 is 20.1 Å². The first kappa shape index (κ1) is 19.4. The van der Waals surface area contributed by atoms with Gasteiger partial charge in [0.25, 0.3) is 0 Å². The number of fused-ring (bicyclic) bond motifs is 1. The van der Waals surface area contributed by atoms with E-state index in [-0.39, 0.29) is 30.1 Å².